The van der Waals surface area contributed by atoms with Gasteiger partial charge in [-0.2, -0.15) is 0 Å². The van der Waals surface area contributed by atoms with Crippen LogP contribution in [0.5, 0.6) is 0 Å². The zero-order valence-electron chi connectivity index (χ0n) is 18.4. The summed E-state index contributed by atoms with van der Waals surface area (Å²) in [6, 6.07) is 0.632. The number of benzene rings is 1. The topological polar surface area (TPSA) is 79.2 Å². The first-order chi connectivity index (χ1) is 14.3. The van der Waals surface area contributed by atoms with E-state index >= 15 is 0 Å². The fourth-order valence-electron chi connectivity index (χ4n) is 4.21. The van der Waals surface area contributed by atoms with Crippen LogP contribution in [-0.4, -0.2) is 38.8 Å². The molecule has 0 saturated heterocycles. The number of amides is 1. The molecule has 9 heteroatoms. The number of nitrogens with one attached hydrogen (secondary N) is 2. The number of carbonyl (C=O) groups is 1. The number of aliphatic hydroxyl groups is 1. The number of aromatic nitrogens is 2. The van der Waals surface area contributed by atoms with Crippen LogP contribution >= 0.6 is 0 Å². The molecular weight excluding hydrogens is 409 g/mol. The van der Waals surface area contributed by atoms with Crippen LogP contribution in [-0.2, 0) is 13.1 Å². The van der Waals surface area contributed by atoms with Gasteiger partial charge >= 0.3 is 0 Å². The van der Waals surface area contributed by atoms with Crippen molar-refractivity contribution in [3.8, 4) is 11.4 Å². The van der Waals surface area contributed by atoms with E-state index in [-0.39, 0.29) is 17.1 Å². The first-order valence-electron chi connectivity index (χ1n) is 10.3. The van der Waals surface area contributed by atoms with E-state index < -0.39 is 40.4 Å². The highest BCUT2D eigenvalue weighted by molar-refractivity contribution is 5.94. The smallest absolute Gasteiger partial charge is 0.272 e. The van der Waals surface area contributed by atoms with Crippen LogP contribution in [0.1, 0.15) is 57.2 Å². The summed E-state index contributed by atoms with van der Waals surface area (Å²) in [4.78, 5) is 17.6. The van der Waals surface area contributed by atoms with Gasteiger partial charge < -0.3 is 20.3 Å². The van der Waals surface area contributed by atoms with Crippen LogP contribution < -0.4 is 10.6 Å². The van der Waals surface area contributed by atoms with Crippen molar-refractivity contribution in [2.45, 2.75) is 65.8 Å². The first-order valence-corrected chi connectivity index (χ1v) is 10.3. The van der Waals surface area contributed by atoms with Crippen LogP contribution in [0.15, 0.2) is 12.1 Å². The number of carbonyl (C=O) groups excluding carboxylic acids is 1. The molecule has 1 aliphatic rings. The molecule has 0 unspecified atom stereocenters. The maximum atomic E-state index is 14.5. The Morgan fingerprint density at radius 1 is 1.16 bits per heavy atom. The Hall–Kier alpha value is -2.39. The van der Waals surface area contributed by atoms with Crippen molar-refractivity contribution in [2.75, 3.05) is 6.54 Å². The minimum Gasteiger partial charge on any atom is -0.388 e. The Morgan fingerprint density at radius 2 is 1.81 bits per heavy atom. The molecule has 0 radical (unpaired) electrons. The first kappa shape index (κ1) is 23.3. The third-order valence-corrected chi connectivity index (χ3v) is 5.41. The second-order valence-corrected chi connectivity index (χ2v) is 9.59. The molecule has 2 aromatic rings. The SMILES string of the molecule is CC(C)(C)[C@H](NC(=O)c1nc(-c2cc(F)c(F)cc2F)n2c1CNCCC2)C(C)(C)O. The van der Waals surface area contributed by atoms with E-state index in [2.05, 4.69) is 15.6 Å². The van der Waals surface area contributed by atoms with Gasteiger partial charge in [0.25, 0.3) is 5.91 Å². The normalized spacial score (nSPS) is 15.9. The zero-order valence-corrected chi connectivity index (χ0v) is 18.4. The molecule has 31 heavy (non-hydrogen) atoms. The highest BCUT2D eigenvalue weighted by Crippen LogP contribution is 2.31. The van der Waals surface area contributed by atoms with Gasteiger partial charge in [-0.15, -0.1) is 0 Å². The fraction of sp³-hybridized carbons (Fsp3) is 0.545. The van der Waals surface area contributed by atoms with Crippen LogP contribution in [0, 0.1) is 22.9 Å². The lowest BCUT2D eigenvalue weighted by Gasteiger charge is -2.39. The van der Waals surface area contributed by atoms with Crippen molar-refractivity contribution in [1.29, 1.82) is 0 Å². The van der Waals surface area contributed by atoms with E-state index in [1.165, 1.54) is 0 Å². The van der Waals surface area contributed by atoms with E-state index in [1.54, 1.807) is 18.4 Å². The molecule has 3 rings (SSSR count). The Bertz CT molecular complexity index is 976. The molecule has 1 atom stereocenters. The molecular formula is C22H29F3N4O2. The Morgan fingerprint density at radius 3 is 2.42 bits per heavy atom. The number of fused-ring (bicyclic) bond motifs is 1. The monoisotopic (exact) mass is 438 g/mol. The van der Waals surface area contributed by atoms with Gasteiger partial charge in [-0.1, -0.05) is 20.8 Å². The second-order valence-electron chi connectivity index (χ2n) is 9.59. The molecule has 0 fully saturated rings. The summed E-state index contributed by atoms with van der Waals surface area (Å²) < 4.78 is 43.5. The minimum absolute atomic E-state index is 0.0621. The van der Waals surface area contributed by atoms with Crippen molar-refractivity contribution in [2.24, 2.45) is 5.41 Å². The highest BCUT2D eigenvalue weighted by atomic mass is 19.2. The molecule has 0 bridgehead atoms. The summed E-state index contributed by atoms with van der Waals surface area (Å²) in [5.74, 6) is -3.90. The van der Waals surface area contributed by atoms with E-state index in [4.69, 9.17) is 0 Å². The Labute approximate surface area is 179 Å². The average molecular weight is 438 g/mol. The van der Waals surface area contributed by atoms with Crippen LogP contribution in [0.4, 0.5) is 13.2 Å². The Kier molecular flexibility index (Phi) is 6.21. The summed E-state index contributed by atoms with van der Waals surface area (Å²) in [5.41, 5.74) is -1.30. The van der Waals surface area contributed by atoms with E-state index in [0.717, 1.165) is 6.07 Å². The molecule has 1 aromatic heterocycles. The largest absolute Gasteiger partial charge is 0.388 e. The lowest BCUT2D eigenvalue weighted by molar-refractivity contribution is -0.00382. The van der Waals surface area contributed by atoms with Crippen LogP contribution in [0.2, 0.25) is 0 Å². The lowest BCUT2D eigenvalue weighted by Crippen LogP contribution is -2.56. The van der Waals surface area contributed by atoms with Crippen LogP contribution in [0.25, 0.3) is 11.4 Å². The number of hydrogen-bond donors (Lipinski definition) is 3. The van der Waals surface area contributed by atoms with E-state index in [0.29, 0.717) is 37.8 Å². The molecule has 1 aromatic carbocycles. The predicted octanol–water partition coefficient (Wildman–Crippen LogP) is 3.38. The Balaban J connectivity index is 2.10. The number of nitrogens with zero attached hydrogens (tertiary/aromatic N) is 2. The second kappa shape index (κ2) is 8.27. The maximum absolute atomic E-state index is 14.5. The third kappa shape index (κ3) is 4.77. The van der Waals surface area contributed by atoms with Crippen molar-refractivity contribution >= 4 is 5.91 Å². The van der Waals surface area contributed by atoms with Crippen LogP contribution in [0.3, 0.4) is 0 Å². The molecule has 0 saturated carbocycles. The van der Waals surface area contributed by atoms with Gasteiger partial charge in [0.1, 0.15) is 11.6 Å². The lowest BCUT2D eigenvalue weighted by atomic mass is 9.77. The summed E-state index contributed by atoms with van der Waals surface area (Å²) in [6.07, 6.45) is 0.691. The number of halogens is 3. The molecule has 3 N–H and O–H groups in total. The standard InChI is InChI=1S/C22H29F3N4O2/c1-21(2,3)20(22(4,5)31)28-19(30)17-16-11-26-7-6-8-29(16)18(27-17)12-9-14(24)15(25)10-13(12)23/h9-10,20,26,31H,6-8,11H2,1-5H3,(H,28,30)/t20-/m0/s1. The summed E-state index contributed by atoms with van der Waals surface area (Å²) in [6.45, 7) is 10.3. The summed E-state index contributed by atoms with van der Waals surface area (Å²) >= 11 is 0. The molecule has 1 aliphatic heterocycles. The van der Waals surface area contributed by atoms with E-state index in [9.17, 15) is 23.1 Å². The van der Waals surface area contributed by atoms with Crippen molar-refractivity contribution in [3.05, 3.63) is 41.0 Å². The summed E-state index contributed by atoms with van der Waals surface area (Å²) in [5, 5.41) is 16.6. The molecule has 0 aliphatic carbocycles. The van der Waals surface area contributed by atoms with Gasteiger partial charge in [-0.05, 0) is 38.3 Å². The molecule has 1 amide bonds. The minimum atomic E-state index is -1.29. The van der Waals surface area contributed by atoms with Crippen molar-refractivity contribution < 1.29 is 23.1 Å². The summed E-state index contributed by atoms with van der Waals surface area (Å²) in [7, 11) is 0. The predicted molar refractivity (Wildman–Crippen MR) is 111 cm³/mol. The fourth-order valence-corrected chi connectivity index (χ4v) is 4.21. The molecule has 0 spiro atoms. The third-order valence-electron chi connectivity index (χ3n) is 5.41. The highest BCUT2D eigenvalue weighted by Gasteiger charge is 2.39. The van der Waals surface area contributed by atoms with Gasteiger partial charge in [0.15, 0.2) is 17.3 Å². The number of hydrogen-bond acceptors (Lipinski definition) is 4. The van der Waals surface area contributed by atoms with Gasteiger partial charge in [0, 0.05) is 19.2 Å². The number of imidazole rings is 1. The van der Waals surface area contributed by atoms with Crippen molar-refractivity contribution in [1.82, 2.24) is 20.2 Å². The van der Waals surface area contributed by atoms with E-state index in [1.807, 2.05) is 20.8 Å². The zero-order chi connectivity index (χ0) is 23.1. The maximum Gasteiger partial charge on any atom is 0.272 e. The quantitative estimate of drug-likeness (QED) is 0.640. The van der Waals surface area contributed by atoms with Gasteiger partial charge in [-0.25, -0.2) is 18.2 Å². The van der Waals surface area contributed by atoms with Gasteiger partial charge in [-0.3, -0.25) is 4.79 Å². The van der Waals surface area contributed by atoms with Gasteiger partial charge in [0.05, 0.1) is 22.9 Å². The number of rotatable bonds is 4. The molecule has 170 valence electrons. The average Bonchev–Trinajstić information content (AvgIpc) is 2.82. The van der Waals surface area contributed by atoms with Gasteiger partial charge in [0.2, 0.25) is 0 Å². The van der Waals surface area contributed by atoms with Crippen molar-refractivity contribution in [3.63, 3.8) is 0 Å². The molecule has 2 heterocycles. The molecule has 6 nitrogen and oxygen atoms in total.